The molecule has 0 aliphatic rings. The summed E-state index contributed by atoms with van der Waals surface area (Å²) in [5.74, 6) is -2.06. The van der Waals surface area contributed by atoms with Gasteiger partial charge in [-0.1, -0.05) is 60.7 Å². The molecule has 0 saturated heterocycles. The van der Waals surface area contributed by atoms with Gasteiger partial charge in [-0.3, -0.25) is 4.79 Å². The summed E-state index contributed by atoms with van der Waals surface area (Å²) >= 11 is 1.22. The van der Waals surface area contributed by atoms with Crippen molar-refractivity contribution in [3.63, 3.8) is 0 Å². The summed E-state index contributed by atoms with van der Waals surface area (Å²) in [7, 11) is 0. The van der Waals surface area contributed by atoms with Crippen LogP contribution in [0.2, 0.25) is 0 Å². The van der Waals surface area contributed by atoms with Crippen LogP contribution in [0.3, 0.4) is 0 Å². The van der Waals surface area contributed by atoms with Crippen LogP contribution in [0, 0.1) is 11.6 Å². The van der Waals surface area contributed by atoms with Crippen molar-refractivity contribution in [2.24, 2.45) is 0 Å². The third-order valence-corrected chi connectivity index (χ3v) is 7.85. The zero-order valence-corrected chi connectivity index (χ0v) is 22.3. The van der Waals surface area contributed by atoms with E-state index < -0.39 is 5.97 Å². The Hall–Kier alpha value is -4.95. The minimum atomic E-state index is -1.03. The summed E-state index contributed by atoms with van der Waals surface area (Å²) in [6.45, 7) is 0.174. The van der Waals surface area contributed by atoms with E-state index in [0.29, 0.717) is 27.6 Å². The van der Waals surface area contributed by atoms with Gasteiger partial charge >= 0.3 is 5.97 Å². The summed E-state index contributed by atoms with van der Waals surface area (Å²) in [6.07, 6.45) is 0.198. The number of hydrogen-bond donors (Lipinski definition) is 2. The number of rotatable bonds is 7. The molecule has 5 aromatic carbocycles. The van der Waals surface area contributed by atoms with Crippen LogP contribution in [-0.4, -0.2) is 21.4 Å². The lowest BCUT2D eigenvalue weighted by Gasteiger charge is -2.11. The number of carboxylic acids is 1. The number of aromatic nitrogens is 1. The first-order chi connectivity index (χ1) is 19.9. The Morgan fingerprint density at radius 2 is 1.61 bits per heavy atom. The first-order valence-electron chi connectivity index (χ1n) is 12.8. The van der Waals surface area contributed by atoms with Gasteiger partial charge in [-0.25, -0.2) is 13.6 Å². The molecule has 8 heteroatoms. The lowest BCUT2D eigenvalue weighted by atomic mass is 9.96. The summed E-state index contributed by atoms with van der Waals surface area (Å²) in [5.41, 5.74) is 3.78. The van der Waals surface area contributed by atoms with Crippen LogP contribution in [0.25, 0.3) is 32.0 Å². The number of carbonyl (C=O) groups is 2. The Morgan fingerprint density at radius 1 is 0.854 bits per heavy atom. The number of hydrogen-bond acceptors (Lipinski definition) is 4. The Labute approximate surface area is 237 Å². The SMILES string of the molecule is O=C(O)c1ccc(CNC(=O)c2cc(-c3ccc(F)cc3)cc3snc(Cc4ccc5ccccc5c4F)c23)cc1. The molecule has 202 valence electrons. The molecule has 41 heavy (non-hydrogen) atoms. The Kier molecular flexibility index (Phi) is 6.99. The third-order valence-electron chi connectivity index (χ3n) is 7.02. The van der Waals surface area contributed by atoms with Crippen molar-refractivity contribution in [2.45, 2.75) is 13.0 Å². The molecule has 1 amide bonds. The van der Waals surface area contributed by atoms with Gasteiger partial charge in [0, 0.05) is 23.7 Å². The van der Waals surface area contributed by atoms with Crippen molar-refractivity contribution >= 4 is 44.3 Å². The Bertz CT molecular complexity index is 1930. The van der Waals surface area contributed by atoms with Gasteiger partial charge in [-0.05, 0) is 75.6 Å². The lowest BCUT2D eigenvalue weighted by Crippen LogP contribution is -2.23. The van der Waals surface area contributed by atoms with E-state index in [1.165, 1.54) is 35.8 Å². The summed E-state index contributed by atoms with van der Waals surface area (Å²) in [6, 6.07) is 26.8. The molecule has 1 heterocycles. The van der Waals surface area contributed by atoms with Crippen molar-refractivity contribution in [1.82, 2.24) is 9.69 Å². The molecule has 0 bridgehead atoms. The molecular formula is C33H22F2N2O3S. The van der Waals surface area contributed by atoms with Crippen LogP contribution < -0.4 is 5.32 Å². The van der Waals surface area contributed by atoms with Crippen LogP contribution in [0.15, 0.2) is 97.1 Å². The average molecular weight is 565 g/mol. The fourth-order valence-corrected chi connectivity index (χ4v) is 5.75. The zero-order valence-electron chi connectivity index (χ0n) is 21.5. The first kappa shape index (κ1) is 26.3. The maximum Gasteiger partial charge on any atom is 0.335 e. The average Bonchev–Trinajstić information content (AvgIpc) is 3.40. The van der Waals surface area contributed by atoms with Gasteiger partial charge in [0.25, 0.3) is 5.91 Å². The van der Waals surface area contributed by atoms with Gasteiger partial charge in [0.1, 0.15) is 11.6 Å². The molecule has 0 saturated carbocycles. The van der Waals surface area contributed by atoms with E-state index >= 15 is 4.39 Å². The number of nitrogens with zero attached hydrogens (tertiary/aromatic N) is 1. The number of amides is 1. The molecule has 6 aromatic rings. The van der Waals surface area contributed by atoms with Gasteiger partial charge in [0.05, 0.1) is 21.5 Å². The van der Waals surface area contributed by atoms with E-state index in [1.54, 1.807) is 48.5 Å². The van der Waals surface area contributed by atoms with Crippen LogP contribution >= 0.6 is 11.5 Å². The van der Waals surface area contributed by atoms with E-state index in [2.05, 4.69) is 9.69 Å². The second kappa shape index (κ2) is 10.9. The minimum absolute atomic E-state index is 0.156. The summed E-state index contributed by atoms with van der Waals surface area (Å²) in [5, 5.41) is 14.0. The quantitative estimate of drug-likeness (QED) is 0.209. The van der Waals surface area contributed by atoms with Gasteiger partial charge < -0.3 is 10.4 Å². The predicted molar refractivity (Wildman–Crippen MR) is 156 cm³/mol. The molecular weight excluding hydrogens is 542 g/mol. The molecule has 1 aromatic heterocycles. The van der Waals surface area contributed by atoms with E-state index in [4.69, 9.17) is 5.11 Å². The second-order valence-electron chi connectivity index (χ2n) is 9.65. The van der Waals surface area contributed by atoms with Crippen LogP contribution in [0.4, 0.5) is 8.78 Å². The monoisotopic (exact) mass is 564 g/mol. The number of aromatic carboxylic acids is 1. The lowest BCUT2D eigenvalue weighted by molar-refractivity contribution is 0.0696. The highest BCUT2D eigenvalue weighted by Crippen LogP contribution is 2.34. The Balaban J connectivity index is 1.39. The highest BCUT2D eigenvalue weighted by atomic mass is 32.1. The van der Waals surface area contributed by atoms with Gasteiger partial charge in [-0.15, -0.1) is 0 Å². The van der Waals surface area contributed by atoms with Crippen LogP contribution in [0.1, 0.15) is 37.5 Å². The molecule has 0 radical (unpaired) electrons. The molecule has 0 aliphatic heterocycles. The molecule has 0 fully saturated rings. The highest BCUT2D eigenvalue weighted by molar-refractivity contribution is 7.13. The van der Waals surface area contributed by atoms with Crippen LogP contribution in [-0.2, 0) is 13.0 Å². The fourth-order valence-electron chi connectivity index (χ4n) is 4.88. The second-order valence-corrected chi connectivity index (χ2v) is 10.5. The molecule has 0 spiro atoms. The molecule has 5 nitrogen and oxygen atoms in total. The van der Waals surface area contributed by atoms with E-state index in [9.17, 15) is 14.0 Å². The van der Waals surface area contributed by atoms with Crippen molar-refractivity contribution < 1.29 is 23.5 Å². The van der Waals surface area contributed by atoms with Crippen molar-refractivity contribution in [3.8, 4) is 11.1 Å². The smallest absolute Gasteiger partial charge is 0.335 e. The van der Waals surface area contributed by atoms with E-state index in [-0.39, 0.29) is 36.1 Å². The van der Waals surface area contributed by atoms with Crippen molar-refractivity contribution in [3.05, 3.63) is 137 Å². The Morgan fingerprint density at radius 3 is 2.37 bits per heavy atom. The van der Waals surface area contributed by atoms with Gasteiger partial charge in [0.2, 0.25) is 0 Å². The molecule has 2 N–H and O–H groups in total. The summed E-state index contributed by atoms with van der Waals surface area (Å²) in [4.78, 5) is 24.8. The number of nitrogens with one attached hydrogen (secondary N) is 1. The standard InChI is InChI=1S/C33H22F2N2O3S/c34-25-13-11-20(12-14-25)24-15-27(32(38)36-18-19-5-7-22(8-6-19)33(39)40)30-28(37-41-29(30)17-24)16-23-10-9-21-3-1-2-4-26(21)31(23)35/h1-15,17H,16,18H2,(H,36,38)(H,39,40). The maximum atomic E-state index is 15.5. The topological polar surface area (TPSA) is 79.3 Å². The highest BCUT2D eigenvalue weighted by Gasteiger charge is 2.20. The molecule has 6 rings (SSSR count). The maximum absolute atomic E-state index is 15.5. The normalized spacial score (nSPS) is 11.2. The number of carboxylic acid groups (broad SMARTS) is 1. The van der Waals surface area contributed by atoms with E-state index in [1.807, 2.05) is 24.3 Å². The van der Waals surface area contributed by atoms with Gasteiger partial charge in [0.15, 0.2) is 0 Å². The van der Waals surface area contributed by atoms with Gasteiger partial charge in [-0.2, -0.15) is 4.37 Å². The fraction of sp³-hybridized carbons (Fsp3) is 0.0606. The molecule has 0 aliphatic carbocycles. The number of benzene rings is 5. The number of fused-ring (bicyclic) bond motifs is 2. The third kappa shape index (κ3) is 5.29. The predicted octanol–water partition coefficient (Wildman–Crippen LogP) is 7.61. The van der Waals surface area contributed by atoms with Crippen molar-refractivity contribution in [2.75, 3.05) is 0 Å². The van der Waals surface area contributed by atoms with E-state index in [0.717, 1.165) is 26.8 Å². The minimum Gasteiger partial charge on any atom is -0.478 e. The largest absolute Gasteiger partial charge is 0.478 e. The number of carbonyl (C=O) groups excluding carboxylic acids is 1. The zero-order chi connectivity index (χ0) is 28.5. The summed E-state index contributed by atoms with van der Waals surface area (Å²) < 4.78 is 34.4. The number of halogens is 2. The van der Waals surface area contributed by atoms with Crippen molar-refractivity contribution in [1.29, 1.82) is 0 Å². The van der Waals surface area contributed by atoms with Crippen LogP contribution in [0.5, 0.6) is 0 Å². The first-order valence-corrected chi connectivity index (χ1v) is 13.6. The molecule has 0 unspecified atom stereocenters. The molecule has 0 atom stereocenters.